The summed E-state index contributed by atoms with van der Waals surface area (Å²) in [5.41, 5.74) is 5.66. The van der Waals surface area contributed by atoms with Crippen molar-refractivity contribution >= 4 is 11.7 Å². The highest BCUT2D eigenvalue weighted by Gasteiger charge is 2.32. The van der Waals surface area contributed by atoms with Gasteiger partial charge in [-0.3, -0.25) is 9.69 Å². The molecule has 0 bridgehead atoms. The third-order valence-electron chi connectivity index (χ3n) is 4.46. The number of rotatable bonds is 4. The Hall–Kier alpha value is -2.61. The van der Waals surface area contributed by atoms with Crippen molar-refractivity contribution in [3.8, 4) is 0 Å². The Balaban J connectivity index is 1.67. The van der Waals surface area contributed by atoms with Gasteiger partial charge in [-0.05, 0) is 17.7 Å². The molecule has 138 valence electrons. The summed E-state index contributed by atoms with van der Waals surface area (Å²) in [5.74, 6) is 0.0743. The van der Waals surface area contributed by atoms with Crippen LogP contribution in [0.3, 0.4) is 0 Å². The third kappa shape index (κ3) is 3.96. The van der Waals surface area contributed by atoms with Crippen LogP contribution >= 0.6 is 0 Å². The first-order valence-electron chi connectivity index (χ1n) is 8.23. The zero-order valence-electron chi connectivity index (χ0n) is 14.0. The van der Waals surface area contributed by atoms with E-state index in [1.807, 2.05) is 40.1 Å². The van der Waals surface area contributed by atoms with Crippen LogP contribution in [0.2, 0.25) is 0 Å². The van der Waals surface area contributed by atoms with Gasteiger partial charge < -0.3 is 10.6 Å². The number of carbonyl (C=O) groups is 1. The molecule has 0 spiro atoms. The molecule has 0 aliphatic carbocycles. The fraction of sp³-hybridized carbons (Fsp3) is 0.333. The largest absolute Gasteiger partial charge is 0.417 e. The van der Waals surface area contributed by atoms with Crippen LogP contribution in [-0.4, -0.2) is 42.0 Å². The molecule has 1 fully saturated rings. The molecule has 2 heterocycles. The van der Waals surface area contributed by atoms with Gasteiger partial charge in [-0.1, -0.05) is 30.3 Å². The number of amides is 1. The monoisotopic (exact) mass is 364 g/mol. The number of carbonyl (C=O) groups excluding carboxylic acids is 1. The molecule has 1 aliphatic heterocycles. The van der Waals surface area contributed by atoms with E-state index >= 15 is 0 Å². The fourth-order valence-corrected chi connectivity index (χ4v) is 3.14. The molecule has 1 aromatic heterocycles. The van der Waals surface area contributed by atoms with Gasteiger partial charge in [-0.25, -0.2) is 4.98 Å². The maximum Gasteiger partial charge on any atom is 0.417 e. The van der Waals surface area contributed by atoms with Crippen LogP contribution in [0.1, 0.15) is 17.2 Å². The van der Waals surface area contributed by atoms with Gasteiger partial charge in [0.25, 0.3) is 0 Å². The molecule has 1 aliphatic rings. The molecule has 26 heavy (non-hydrogen) atoms. The second-order valence-electron chi connectivity index (χ2n) is 6.14. The lowest BCUT2D eigenvalue weighted by Gasteiger charge is -2.38. The molecule has 0 saturated carbocycles. The number of benzene rings is 1. The molecular weight excluding hydrogens is 345 g/mol. The predicted molar refractivity (Wildman–Crippen MR) is 91.4 cm³/mol. The summed E-state index contributed by atoms with van der Waals surface area (Å²) in [4.78, 5) is 19.7. The Morgan fingerprint density at radius 2 is 1.69 bits per heavy atom. The predicted octanol–water partition coefficient (Wildman–Crippen LogP) is 2.45. The number of aromatic nitrogens is 1. The number of alkyl halides is 3. The van der Waals surface area contributed by atoms with E-state index in [9.17, 15) is 18.0 Å². The van der Waals surface area contributed by atoms with Gasteiger partial charge in [-0.2, -0.15) is 13.2 Å². The van der Waals surface area contributed by atoms with Gasteiger partial charge in [0.2, 0.25) is 5.91 Å². The Morgan fingerprint density at radius 1 is 1.04 bits per heavy atom. The minimum atomic E-state index is -4.39. The number of halogens is 3. The van der Waals surface area contributed by atoms with E-state index in [-0.39, 0.29) is 0 Å². The molecule has 5 nitrogen and oxygen atoms in total. The van der Waals surface area contributed by atoms with E-state index in [2.05, 4.69) is 4.98 Å². The van der Waals surface area contributed by atoms with E-state index in [1.165, 1.54) is 6.07 Å². The van der Waals surface area contributed by atoms with Crippen molar-refractivity contribution in [2.24, 2.45) is 5.73 Å². The Bertz CT molecular complexity index is 741. The van der Waals surface area contributed by atoms with Gasteiger partial charge >= 0.3 is 6.18 Å². The van der Waals surface area contributed by atoms with Crippen LogP contribution in [0.4, 0.5) is 19.0 Å². The van der Waals surface area contributed by atoms with Crippen molar-refractivity contribution in [1.82, 2.24) is 9.88 Å². The number of piperazine rings is 1. The number of hydrogen-bond acceptors (Lipinski definition) is 4. The van der Waals surface area contributed by atoms with Crippen molar-refractivity contribution in [1.29, 1.82) is 0 Å². The summed E-state index contributed by atoms with van der Waals surface area (Å²) in [6.07, 6.45) is -3.55. The quantitative estimate of drug-likeness (QED) is 0.905. The summed E-state index contributed by atoms with van der Waals surface area (Å²) in [5, 5.41) is 0. The van der Waals surface area contributed by atoms with Crippen LogP contribution in [0.15, 0.2) is 48.7 Å². The maximum atomic E-state index is 12.6. The molecule has 8 heteroatoms. The lowest BCUT2D eigenvalue weighted by atomic mass is 10.0. The highest BCUT2D eigenvalue weighted by Crippen LogP contribution is 2.30. The van der Waals surface area contributed by atoms with Gasteiger partial charge in [0, 0.05) is 32.4 Å². The fourth-order valence-electron chi connectivity index (χ4n) is 3.14. The molecule has 1 saturated heterocycles. The second kappa shape index (κ2) is 7.33. The number of primary amides is 1. The molecule has 2 aromatic rings. The van der Waals surface area contributed by atoms with Gasteiger partial charge in [0.1, 0.15) is 11.9 Å². The summed E-state index contributed by atoms with van der Waals surface area (Å²) in [6, 6.07) is 11.2. The zero-order chi connectivity index (χ0) is 18.7. The van der Waals surface area contributed by atoms with E-state index in [0.29, 0.717) is 32.0 Å². The first kappa shape index (κ1) is 18.2. The van der Waals surface area contributed by atoms with Gasteiger partial charge in [0.15, 0.2) is 0 Å². The summed E-state index contributed by atoms with van der Waals surface area (Å²) in [7, 11) is 0. The molecule has 1 atom stereocenters. The van der Waals surface area contributed by atoms with Crippen molar-refractivity contribution in [2.75, 3.05) is 31.1 Å². The highest BCUT2D eigenvalue weighted by atomic mass is 19.4. The SMILES string of the molecule is NC(=O)C(c1ccccc1)N1CCN(c2ccc(C(F)(F)F)cn2)CC1. The van der Waals surface area contributed by atoms with Crippen molar-refractivity contribution in [3.05, 3.63) is 59.8 Å². The van der Waals surface area contributed by atoms with E-state index < -0.39 is 23.7 Å². The van der Waals surface area contributed by atoms with Crippen molar-refractivity contribution in [2.45, 2.75) is 12.2 Å². The van der Waals surface area contributed by atoms with Crippen LogP contribution in [0, 0.1) is 0 Å². The molecule has 1 amide bonds. The average molecular weight is 364 g/mol. The molecule has 1 unspecified atom stereocenters. The second-order valence-corrected chi connectivity index (χ2v) is 6.14. The minimum absolute atomic E-state index is 0.419. The number of anilines is 1. The smallest absolute Gasteiger partial charge is 0.368 e. The summed E-state index contributed by atoms with van der Waals surface area (Å²) >= 11 is 0. The average Bonchev–Trinajstić information content (AvgIpc) is 2.62. The first-order chi connectivity index (χ1) is 12.4. The van der Waals surface area contributed by atoms with Gasteiger partial charge in [-0.15, -0.1) is 0 Å². The number of nitrogens with two attached hydrogens (primary N) is 1. The molecular formula is C18H19F3N4O. The Kier molecular flexibility index (Phi) is 5.13. The topological polar surface area (TPSA) is 62.5 Å². The van der Waals surface area contributed by atoms with Crippen LogP contribution in [-0.2, 0) is 11.0 Å². The van der Waals surface area contributed by atoms with Crippen LogP contribution in [0.25, 0.3) is 0 Å². The highest BCUT2D eigenvalue weighted by molar-refractivity contribution is 5.81. The first-order valence-corrected chi connectivity index (χ1v) is 8.23. The van der Waals surface area contributed by atoms with Crippen LogP contribution in [0.5, 0.6) is 0 Å². The standard InChI is InChI=1S/C18H19F3N4O/c19-18(20,21)14-6-7-15(23-12-14)24-8-10-25(11-9-24)16(17(22)26)13-4-2-1-3-5-13/h1-7,12,16H,8-11H2,(H2,22,26). The van der Waals surface area contributed by atoms with Crippen molar-refractivity contribution in [3.63, 3.8) is 0 Å². The van der Waals surface area contributed by atoms with E-state index in [0.717, 1.165) is 17.8 Å². The lowest BCUT2D eigenvalue weighted by molar-refractivity contribution is -0.137. The molecule has 3 rings (SSSR count). The number of nitrogens with zero attached hydrogens (tertiary/aromatic N) is 3. The number of pyridine rings is 1. The van der Waals surface area contributed by atoms with Crippen molar-refractivity contribution < 1.29 is 18.0 Å². The normalized spacial score (nSPS) is 17.1. The summed E-state index contributed by atoms with van der Waals surface area (Å²) < 4.78 is 37.9. The minimum Gasteiger partial charge on any atom is -0.368 e. The molecule has 1 aromatic carbocycles. The van der Waals surface area contributed by atoms with Crippen LogP contribution < -0.4 is 10.6 Å². The van der Waals surface area contributed by atoms with Gasteiger partial charge in [0.05, 0.1) is 5.56 Å². The molecule has 0 radical (unpaired) electrons. The molecule has 2 N–H and O–H groups in total. The maximum absolute atomic E-state index is 12.6. The van der Waals surface area contributed by atoms with E-state index in [1.54, 1.807) is 0 Å². The Labute approximate surface area is 149 Å². The summed E-state index contributed by atoms with van der Waals surface area (Å²) in [6.45, 7) is 2.22. The lowest BCUT2D eigenvalue weighted by Crippen LogP contribution is -2.50. The van der Waals surface area contributed by atoms with E-state index in [4.69, 9.17) is 5.73 Å². The Morgan fingerprint density at radius 3 is 2.19 bits per heavy atom. The third-order valence-corrected chi connectivity index (χ3v) is 4.46. The zero-order valence-corrected chi connectivity index (χ0v) is 14.0. The number of hydrogen-bond donors (Lipinski definition) is 1.